The molecule has 6 heteroatoms. The van der Waals surface area contributed by atoms with Crippen molar-refractivity contribution >= 4 is 23.6 Å². The summed E-state index contributed by atoms with van der Waals surface area (Å²) in [6, 6.07) is 0. The zero-order valence-corrected chi connectivity index (χ0v) is 15.5. The summed E-state index contributed by atoms with van der Waals surface area (Å²) in [6.45, 7) is 6.38. The Kier molecular flexibility index (Phi) is 13.8. The van der Waals surface area contributed by atoms with Crippen molar-refractivity contribution in [1.82, 2.24) is 10.6 Å². The van der Waals surface area contributed by atoms with Crippen molar-refractivity contribution in [3.05, 3.63) is 0 Å². The molecular formula is C18H33N3O3. The van der Waals surface area contributed by atoms with E-state index in [-0.39, 0.29) is 17.8 Å². The molecule has 0 aromatic heterocycles. The molecule has 0 spiro atoms. The normalized spacial score (nSPS) is 10.1. The highest BCUT2D eigenvalue weighted by atomic mass is 16.2. The number of amides is 2. The van der Waals surface area contributed by atoms with E-state index in [0.29, 0.717) is 38.0 Å². The fourth-order valence-electron chi connectivity index (χ4n) is 2.16. The smallest absolute Gasteiger partial charge is 0.226 e. The number of nitrogens with one attached hydrogen (secondary N) is 2. The van der Waals surface area contributed by atoms with Crippen molar-refractivity contribution in [2.75, 3.05) is 6.54 Å². The molecule has 0 rings (SSSR count). The van der Waals surface area contributed by atoms with E-state index >= 15 is 0 Å². The minimum atomic E-state index is -0.141. The molecule has 0 atom stereocenters. The monoisotopic (exact) mass is 339 g/mol. The second-order valence-corrected chi connectivity index (χ2v) is 5.93. The SMILES string of the molecule is CCCC(=O)CCCCCN=C(NC(=O)CCC)NC(=O)CCC. The summed E-state index contributed by atoms with van der Waals surface area (Å²) in [7, 11) is 0. The largest absolute Gasteiger partial charge is 0.300 e. The second kappa shape index (κ2) is 14.8. The second-order valence-electron chi connectivity index (χ2n) is 5.93. The third-order valence-corrected chi connectivity index (χ3v) is 3.38. The van der Waals surface area contributed by atoms with E-state index in [4.69, 9.17) is 0 Å². The highest BCUT2D eigenvalue weighted by Crippen LogP contribution is 2.04. The van der Waals surface area contributed by atoms with Crippen LogP contribution in [-0.2, 0) is 14.4 Å². The molecule has 0 aliphatic carbocycles. The van der Waals surface area contributed by atoms with E-state index in [1.165, 1.54) is 0 Å². The van der Waals surface area contributed by atoms with E-state index in [1.807, 2.05) is 20.8 Å². The molecule has 0 radical (unpaired) electrons. The molecule has 0 aromatic carbocycles. The fraction of sp³-hybridized carbons (Fsp3) is 0.778. The van der Waals surface area contributed by atoms with E-state index in [9.17, 15) is 14.4 Å². The van der Waals surface area contributed by atoms with Crippen LogP contribution in [0.15, 0.2) is 4.99 Å². The molecule has 6 nitrogen and oxygen atoms in total. The van der Waals surface area contributed by atoms with Crippen molar-refractivity contribution < 1.29 is 14.4 Å². The number of ketones is 1. The van der Waals surface area contributed by atoms with Crippen molar-refractivity contribution in [1.29, 1.82) is 0 Å². The molecule has 0 aromatic rings. The molecule has 0 bridgehead atoms. The number of carbonyl (C=O) groups excluding carboxylic acids is 3. The maximum Gasteiger partial charge on any atom is 0.226 e. The van der Waals surface area contributed by atoms with Gasteiger partial charge >= 0.3 is 0 Å². The number of unbranched alkanes of at least 4 members (excludes halogenated alkanes) is 2. The summed E-state index contributed by atoms with van der Waals surface area (Å²) in [4.78, 5) is 39.1. The molecule has 24 heavy (non-hydrogen) atoms. The number of rotatable bonds is 12. The number of guanidine groups is 1. The lowest BCUT2D eigenvalue weighted by Crippen LogP contribution is -2.43. The third kappa shape index (κ3) is 12.8. The van der Waals surface area contributed by atoms with Crippen LogP contribution >= 0.6 is 0 Å². The Bertz CT molecular complexity index is 398. The maximum atomic E-state index is 11.7. The van der Waals surface area contributed by atoms with Crippen LogP contribution in [0.2, 0.25) is 0 Å². The third-order valence-electron chi connectivity index (χ3n) is 3.38. The van der Waals surface area contributed by atoms with Gasteiger partial charge in [0.2, 0.25) is 17.8 Å². The lowest BCUT2D eigenvalue weighted by molar-refractivity contribution is -0.121. The number of carbonyl (C=O) groups is 3. The minimum Gasteiger partial charge on any atom is -0.300 e. The number of hydrogen-bond acceptors (Lipinski definition) is 4. The average Bonchev–Trinajstić information content (AvgIpc) is 2.51. The Morgan fingerprint density at radius 1 is 0.708 bits per heavy atom. The molecule has 2 N–H and O–H groups in total. The molecule has 0 unspecified atom stereocenters. The van der Waals surface area contributed by atoms with Gasteiger partial charge in [-0.25, -0.2) is 0 Å². The average molecular weight is 339 g/mol. The van der Waals surface area contributed by atoms with Gasteiger partial charge in [-0.05, 0) is 32.1 Å². The van der Waals surface area contributed by atoms with Crippen LogP contribution in [0.25, 0.3) is 0 Å². The zero-order chi connectivity index (χ0) is 18.2. The van der Waals surface area contributed by atoms with Crippen LogP contribution < -0.4 is 10.6 Å². The van der Waals surface area contributed by atoms with Crippen LogP contribution in [0.1, 0.15) is 85.0 Å². The predicted molar refractivity (Wildman–Crippen MR) is 96.8 cm³/mol. The molecule has 138 valence electrons. The summed E-state index contributed by atoms with van der Waals surface area (Å²) in [5.74, 6) is 0.283. The molecule has 0 saturated heterocycles. The highest BCUT2D eigenvalue weighted by molar-refractivity contribution is 6.04. The van der Waals surface area contributed by atoms with Gasteiger partial charge in [-0.15, -0.1) is 0 Å². The molecule has 0 fully saturated rings. The first kappa shape index (κ1) is 22.3. The lowest BCUT2D eigenvalue weighted by atomic mass is 10.1. The molecule has 0 aliphatic heterocycles. The van der Waals surface area contributed by atoms with E-state index in [2.05, 4.69) is 15.6 Å². The summed E-state index contributed by atoms with van der Waals surface area (Å²) >= 11 is 0. The fourth-order valence-corrected chi connectivity index (χ4v) is 2.16. The van der Waals surface area contributed by atoms with Crippen molar-refractivity contribution in [3.8, 4) is 0 Å². The van der Waals surface area contributed by atoms with Crippen molar-refractivity contribution in [2.24, 2.45) is 4.99 Å². The van der Waals surface area contributed by atoms with Gasteiger partial charge in [0.05, 0.1) is 0 Å². The van der Waals surface area contributed by atoms with Crippen LogP contribution in [0.4, 0.5) is 0 Å². The Hall–Kier alpha value is -1.72. The number of hydrogen-bond donors (Lipinski definition) is 2. The first-order valence-corrected chi connectivity index (χ1v) is 9.19. The van der Waals surface area contributed by atoms with Gasteiger partial charge in [0.15, 0.2) is 0 Å². The first-order valence-electron chi connectivity index (χ1n) is 9.19. The quantitative estimate of drug-likeness (QED) is 0.325. The van der Waals surface area contributed by atoms with Gasteiger partial charge < -0.3 is 0 Å². The van der Waals surface area contributed by atoms with E-state index in [0.717, 1.165) is 38.5 Å². The zero-order valence-electron chi connectivity index (χ0n) is 15.5. The number of Topliss-reactive ketones (excluding diaryl/α,β-unsaturated/α-hetero) is 1. The van der Waals surface area contributed by atoms with Gasteiger partial charge in [-0.2, -0.15) is 0 Å². The Balaban J connectivity index is 4.24. The van der Waals surface area contributed by atoms with Gasteiger partial charge in [0.25, 0.3) is 0 Å². The highest BCUT2D eigenvalue weighted by Gasteiger charge is 2.08. The van der Waals surface area contributed by atoms with Gasteiger partial charge in [-0.3, -0.25) is 30.0 Å². The Morgan fingerprint density at radius 2 is 1.25 bits per heavy atom. The van der Waals surface area contributed by atoms with Gasteiger partial charge in [0, 0.05) is 32.2 Å². The molecule has 0 aliphatic rings. The lowest BCUT2D eigenvalue weighted by Gasteiger charge is -2.10. The van der Waals surface area contributed by atoms with Crippen LogP contribution in [0.5, 0.6) is 0 Å². The molecular weight excluding hydrogens is 306 g/mol. The molecule has 2 amide bonds. The van der Waals surface area contributed by atoms with Gasteiger partial charge in [-0.1, -0.05) is 27.2 Å². The number of aliphatic imine (C=N–C) groups is 1. The topological polar surface area (TPSA) is 87.6 Å². The standard InChI is InChI=1S/C18H33N3O3/c1-4-10-15(22)13-8-7-9-14-19-18(20-16(23)11-5-2)21-17(24)12-6-3/h4-14H2,1-3H3,(H2,19,20,21,23,24). The summed E-state index contributed by atoms with van der Waals surface area (Å²) in [5.41, 5.74) is 0. The summed E-state index contributed by atoms with van der Waals surface area (Å²) < 4.78 is 0. The number of nitrogens with zero attached hydrogens (tertiary/aromatic N) is 1. The van der Waals surface area contributed by atoms with Gasteiger partial charge in [0.1, 0.15) is 5.78 Å². The van der Waals surface area contributed by atoms with Crippen LogP contribution in [0.3, 0.4) is 0 Å². The summed E-state index contributed by atoms with van der Waals surface area (Å²) in [6.07, 6.45) is 7.11. The van der Waals surface area contributed by atoms with Crippen molar-refractivity contribution in [2.45, 2.75) is 85.0 Å². The molecule has 0 heterocycles. The Labute approximate surface area is 145 Å². The van der Waals surface area contributed by atoms with Crippen LogP contribution in [0, 0.1) is 0 Å². The maximum absolute atomic E-state index is 11.7. The predicted octanol–water partition coefficient (Wildman–Crippen LogP) is 3.10. The van der Waals surface area contributed by atoms with E-state index < -0.39 is 0 Å². The first-order chi connectivity index (χ1) is 11.5. The minimum absolute atomic E-state index is 0.141. The summed E-state index contributed by atoms with van der Waals surface area (Å²) in [5, 5.41) is 5.32. The van der Waals surface area contributed by atoms with Crippen LogP contribution in [-0.4, -0.2) is 30.1 Å². The van der Waals surface area contributed by atoms with E-state index in [1.54, 1.807) is 0 Å². The Morgan fingerprint density at radius 3 is 1.75 bits per heavy atom. The van der Waals surface area contributed by atoms with Crippen molar-refractivity contribution in [3.63, 3.8) is 0 Å². The molecule has 0 saturated carbocycles.